The summed E-state index contributed by atoms with van der Waals surface area (Å²) in [7, 11) is 1.56. The third kappa shape index (κ3) is 4.49. The van der Waals surface area contributed by atoms with E-state index in [0.717, 1.165) is 5.56 Å². The maximum absolute atomic E-state index is 12.3. The van der Waals surface area contributed by atoms with Crippen molar-refractivity contribution in [3.05, 3.63) is 34.3 Å². The summed E-state index contributed by atoms with van der Waals surface area (Å²) in [6.45, 7) is 4.00. The number of hydrogen-bond donors (Lipinski definition) is 2. The van der Waals surface area contributed by atoms with Crippen LogP contribution in [0.2, 0.25) is 5.02 Å². The van der Waals surface area contributed by atoms with Gasteiger partial charge in [-0.25, -0.2) is 0 Å². The monoisotopic (exact) mass is 285 g/mol. The van der Waals surface area contributed by atoms with E-state index in [1.54, 1.807) is 25.3 Å². The van der Waals surface area contributed by atoms with Crippen LogP contribution in [-0.2, 0) is 4.74 Å². The number of halogens is 1. The van der Waals surface area contributed by atoms with E-state index in [4.69, 9.17) is 21.4 Å². The van der Waals surface area contributed by atoms with Crippen molar-refractivity contribution in [3.63, 3.8) is 0 Å². The van der Waals surface area contributed by atoms with Crippen LogP contribution < -0.4 is 5.32 Å². The SMILES string of the molecule is COCC(C)(CCO)NC(=O)c1ccc(Cl)cc1C. The zero-order chi connectivity index (χ0) is 14.5. The largest absolute Gasteiger partial charge is 0.396 e. The van der Waals surface area contributed by atoms with Gasteiger partial charge in [-0.1, -0.05) is 11.6 Å². The lowest BCUT2D eigenvalue weighted by atomic mass is 9.98. The summed E-state index contributed by atoms with van der Waals surface area (Å²) in [5.41, 5.74) is 0.797. The predicted octanol–water partition coefficient (Wildman–Crippen LogP) is 2.17. The number of aliphatic hydroxyl groups excluding tert-OH is 1. The minimum absolute atomic E-state index is 0.0141. The van der Waals surface area contributed by atoms with E-state index in [0.29, 0.717) is 23.6 Å². The summed E-state index contributed by atoms with van der Waals surface area (Å²) >= 11 is 5.87. The van der Waals surface area contributed by atoms with Crippen molar-refractivity contribution in [2.75, 3.05) is 20.3 Å². The van der Waals surface area contributed by atoms with Crippen molar-refractivity contribution in [2.45, 2.75) is 25.8 Å². The number of methoxy groups -OCH3 is 1. The highest BCUT2D eigenvalue weighted by Gasteiger charge is 2.26. The fourth-order valence-corrected chi connectivity index (χ4v) is 2.19. The molecular weight excluding hydrogens is 266 g/mol. The normalized spacial score (nSPS) is 13.9. The molecule has 0 saturated carbocycles. The second-order valence-electron chi connectivity index (χ2n) is 4.88. The first-order valence-corrected chi connectivity index (χ1v) is 6.48. The second-order valence-corrected chi connectivity index (χ2v) is 5.32. The average molecular weight is 286 g/mol. The Morgan fingerprint density at radius 1 is 1.53 bits per heavy atom. The highest BCUT2D eigenvalue weighted by molar-refractivity contribution is 6.30. The number of hydrogen-bond acceptors (Lipinski definition) is 3. The van der Waals surface area contributed by atoms with Crippen molar-refractivity contribution >= 4 is 17.5 Å². The van der Waals surface area contributed by atoms with Crippen LogP contribution in [0, 0.1) is 6.92 Å². The van der Waals surface area contributed by atoms with Crippen LogP contribution in [0.3, 0.4) is 0 Å². The Balaban J connectivity index is 2.87. The molecule has 106 valence electrons. The number of carbonyl (C=O) groups is 1. The Bertz CT molecular complexity index is 442. The highest BCUT2D eigenvalue weighted by atomic mass is 35.5. The van der Waals surface area contributed by atoms with Crippen LogP contribution in [0.4, 0.5) is 0 Å². The average Bonchev–Trinajstić information content (AvgIpc) is 2.28. The summed E-state index contributed by atoms with van der Waals surface area (Å²) in [5.74, 6) is -0.192. The molecule has 1 rings (SSSR count). The molecule has 0 fully saturated rings. The summed E-state index contributed by atoms with van der Waals surface area (Å²) in [5, 5.41) is 12.6. The van der Waals surface area contributed by atoms with Gasteiger partial charge in [0.1, 0.15) is 0 Å². The van der Waals surface area contributed by atoms with Crippen molar-refractivity contribution in [2.24, 2.45) is 0 Å². The zero-order valence-electron chi connectivity index (χ0n) is 11.5. The lowest BCUT2D eigenvalue weighted by Crippen LogP contribution is -2.50. The molecule has 1 unspecified atom stereocenters. The van der Waals surface area contributed by atoms with Gasteiger partial charge in [0, 0.05) is 24.3 Å². The van der Waals surface area contributed by atoms with Gasteiger partial charge in [-0.2, -0.15) is 0 Å². The third-order valence-corrected chi connectivity index (χ3v) is 3.21. The van der Waals surface area contributed by atoms with Gasteiger partial charge in [0.25, 0.3) is 5.91 Å². The number of aryl methyl sites for hydroxylation is 1. The molecule has 4 nitrogen and oxygen atoms in total. The summed E-state index contributed by atoms with van der Waals surface area (Å²) in [4.78, 5) is 12.3. The van der Waals surface area contributed by atoms with E-state index in [1.807, 2.05) is 13.8 Å². The van der Waals surface area contributed by atoms with Gasteiger partial charge in [-0.15, -0.1) is 0 Å². The van der Waals surface area contributed by atoms with Crippen molar-refractivity contribution in [1.29, 1.82) is 0 Å². The molecule has 0 aromatic heterocycles. The Labute approximate surface area is 118 Å². The van der Waals surface area contributed by atoms with E-state index < -0.39 is 5.54 Å². The summed E-state index contributed by atoms with van der Waals surface area (Å²) < 4.78 is 5.10. The molecule has 5 heteroatoms. The molecule has 0 radical (unpaired) electrons. The first-order valence-electron chi connectivity index (χ1n) is 6.10. The second kappa shape index (κ2) is 6.89. The van der Waals surface area contributed by atoms with Gasteiger partial charge in [0.2, 0.25) is 0 Å². The van der Waals surface area contributed by atoms with Crippen molar-refractivity contribution < 1.29 is 14.6 Å². The van der Waals surface area contributed by atoms with Gasteiger partial charge >= 0.3 is 0 Å². The maximum atomic E-state index is 12.3. The fourth-order valence-electron chi connectivity index (χ4n) is 1.96. The molecule has 0 heterocycles. The van der Waals surface area contributed by atoms with Crippen LogP contribution in [0.1, 0.15) is 29.3 Å². The van der Waals surface area contributed by atoms with Gasteiger partial charge in [-0.05, 0) is 44.0 Å². The fraction of sp³-hybridized carbons (Fsp3) is 0.500. The van der Waals surface area contributed by atoms with Crippen LogP contribution in [0.25, 0.3) is 0 Å². The topological polar surface area (TPSA) is 58.6 Å². The molecule has 1 atom stereocenters. The van der Waals surface area contributed by atoms with Crippen molar-refractivity contribution in [3.8, 4) is 0 Å². The lowest BCUT2D eigenvalue weighted by Gasteiger charge is -2.29. The molecule has 0 aliphatic carbocycles. The molecule has 19 heavy (non-hydrogen) atoms. The van der Waals surface area contributed by atoms with Crippen LogP contribution in [-0.4, -0.2) is 36.9 Å². The van der Waals surface area contributed by atoms with E-state index in [2.05, 4.69) is 5.32 Å². The Hall–Kier alpha value is -1.10. The lowest BCUT2D eigenvalue weighted by molar-refractivity contribution is 0.0725. The van der Waals surface area contributed by atoms with E-state index in [-0.39, 0.29) is 12.5 Å². The molecule has 1 amide bonds. The molecule has 0 aliphatic rings. The third-order valence-electron chi connectivity index (χ3n) is 2.97. The van der Waals surface area contributed by atoms with Crippen LogP contribution >= 0.6 is 11.6 Å². The molecule has 0 spiro atoms. The van der Waals surface area contributed by atoms with Crippen LogP contribution in [0.15, 0.2) is 18.2 Å². The molecule has 0 saturated heterocycles. The number of ether oxygens (including phenoxy) is 1. The molecule has 0 aliphatic heterocycles. The predicted molar refractivity (Wildman–Crippen MR) is 75.6 cm³/mol. The number of aliphatic hydroxyl groups is 1. The molecule has 2 N–H and O–H groups in total. The molecule has 1 aromatic carbocycles. The van der Waals surface area contributed by atoms with E-state index in [1.165, 1.54) is 0 Å². The van der Waals surface area contributed by atoms with E-state index in [9.17, 15) is 4.79 Å². The quantitative estimate of drug-likeness (QED) is 0.842. The minimum Gasteiger partial charge on any atom is -0.396 e. The molecule has 1 aromatic rings. The van der Waals surface area contributed by atoms with Crippen LogP contribution in [0.5, 0.6) is 0 Å². The highest BCUT2D eigenvalue weighted by Crippen LogP contribution is 2.17. The van der Waals surface area contributed by atoms with Gasteiger partial charge < -0.3 is 15.2 Å². The summed E-state index contributed by atoms with van der Waals surface area (Å²) in [6, 6.07) is 5.12. The van der Waals surface area contributed by atoms with Gasteiger partial charge in [0.15, 0.2) is 0 Å². The van der Waals surface area contributed by atoms with E-state index >= 15 is 0 Å². The first-order chi connectivity index (χ1) is 8.91. The molecular formula is C14H20ClNO3. The molecule has 0 bridgehead atoms. The number of amides is 1. The number of benzene rings is 1. The Morgan fingerprint density at radius 3 is 2.74 bits per heavy atom. The van der Waals surface area contributed by atoms with Gasteiger partial charge in [0.05, 0.1) is 12.1 Å². The minimum atomic E-state index is -0.591. The zero-order valence-corrected chi connectivity index (χ0v) is 12.3. The first kappa shape index (κ1) is 16.0. The summed E-state index contributed by atoms with van der Waals surface area (Å²) in [6.07, 6.45) is 0.430. The standard InChI is InChI=1S/C14H20ClNO3/c1-10-8-11(15)4-5-12(10)13(18)16-14(2,6-7-17)9-19-3/h4-5,8,17H,6-7,9H2,1-3H3,(H,16,18). The maximum Gasteiger partial charge on any atom is 0.252 e. The Kier molecular flexibility index (Phi) is 5.79. The van der Waals surface area contributed by atoms with Crippen molar-refractivity contribution in [1.82, 2.24) is 5.32 Å². The smallest absolute Gasteiger partial charge is 0.252 e. The number of rotatable bonds is 6. The van der Waals surface area contributed by atoms with Gasteiger partial charge in [-0.3, -0.25) is 4.79 Å². The number of carbonyl (C=O) groups excluding carboxylic acids is 1. The number of nitrogens with one attached hydrogen (secondary N) is 1. The Morgan fingerprint density at radius 2 is 2.21 bits per heavy atom.